The lowest BCUT2D eigenvalue weighted by Gasteiger charge is -2.19. The third-order valence-electron chi connectivity index (χ3n) is 4.21. The number of thioether (sulfide) groups is 1. The molecule has 0 aromatic heterocycles. The van der Waals surface area contributed by atoms with E-state index in [9.17, 15) is 13.2 Å². The van der Waals surface area contributed by atoms with E-state index in [4.69, 9.17) is 0 Å². The van der Waals surface area contributed by atoms with Crippen molar-refractivity contribution in [1.29, 1.82) is 0 Å². The van der Waals surface area contributed by atoms with Crippen LogP contribution in [0.15, 0.2) is 64.4 Å². The Kier molecular flexibility index (Phi) is 7.89. The molecule has 1 unspecified atom stereocenters. The molecular weight excluding hydrogens is 380 g/mol. The van der Waals surface area contributed by atoms with Crippen molar-refractivity contribution in [1.82, 2.24) is 9.62 Å². The van der Waals surface area contributed by atoms with Crippen molar-refractivity contribution < 1.29 is 13.2 Å². The maximum atomic E-state index is 12.5. The number of carbonyl (C=O) groups excluding carboxylic acids is 1. The molecule has 0 aliphatic carbocycles. The zero-order valence-corrected chi connectivity index (χ0v) is 17.5. The van der Waals surface area contributed by atoms with Gasteiger partial charge in [0.2, 0.25) is 15.9 Å². The summed E-state index contributed by atoms with van der Waals surface area (Å²) in [5.41, 5.74) is 0.867. The molecule has 5 nitrogen and oxygen atoms in total. The Bertz CT molecular complexity index is 833. The summed E-state index contributed by atoms with van der Waals surface area (Å²) in [7, 11) is -3.46. The molecule has 1 atom stereocenters. The molecule has 1 amide bonds. The van der Waals surface area contributed by atoms with E-state index in [1.54, 1.807) is 24.3 Å². The summed E-state index contributed by atoms with van der Waals surface area (Å²) in [5.74, 6) is 0.277. The molecule has 7 heteroatoms. The first-order valence-electron chi connectivity index (χ1n) is 8.95. The van der Waals surface area contributed by atoms with Gasteiger partial charge in [0.25, 0.3) is 0 Å². The normalized spacial score (nSPS) is 12.7. The largest absolute Gasteiger partial charge is 0.349 e. The number of carbonyl (C=O) groups is 1. The fourth-order valence-electron chi connectivity index (χ4n) is 2.67. The number of sulfonamides is 1. The van der Waals surface area contributed by atoms with Crippen LogP contribution in [0.25, 0.3) is 0 Å². The van der Waals surface area contributed by atoms with Gasteiger partial charge in [0.05, 0.1) is 16.7 Å². The molecule has 0 aliphatic heterocycles. The highest BCUT2D eigenvalue weighted by Crippen LogP contribution is 2.20. The SMILES string of the molecule is CCN(CC)S(=O)(=O)c1ccc(C(C)NC(=O)CSc2ccccc2)cc1. The van der Waals surface area contributed by atoms with Crippen LogP contribution in [-0.4, -0.2) is 37.5 Å². The van der Waals surface area contributed by atoms with Crippen molar-refractivity contribution >= 4 is 27.7 Å². The van der Waals surface area contributed by atoms with Crippen molar-refractivity contribution in [3.8, 4) is 0 Å². The van der Waals surface area contributed by atoms with Crippen molar-refractivity contribution in [2.24, 2.45) is 0 Å². The van der Waals surface area contributed by atoms with Crippen LogP contribution in [0.4, 0.5) is 0 Å². The molecule has 2 aromatic carbocycles. The maximum absolute atomic E-state index is 12.5. The zero-order valence-electron chi connectivity index (χ0n) is 15.9. The zero-order chi connectivity index (χ0) is 19.9. The van der Waals surface area contributed by atoms with Crippen molar-refractivity contribution in [2.75, 3.05) is 18.8 Å². The van der Waals surface area contributed by atoms with E-state index in [1.807, 2.05) is 51.1 Å². The Morgan fingerprint density at radius 1 is 1.04 bits per heavy atom. The van der Waals surface area contributed by atoms with E-state index >= 15 is 0 Å². The summed E-state index contributed by atoms with van der Waals surface area (Å²) < 4.78 is 26.5. The average molecular weight is 407 g/mol. The predicted molar refractivity (Wildman–Crippen MR) is 110 cm³/mol. The molecule has 0 bridgehead atoms. The number of amides is 1. The van der Waals surface area contributed by atoms with Crippen LogP contribution >= 0.6 is 11.8 Å². The molecule has 0 radical (unpaired) electrons. The van der Waals surface area contributed by atoms with E-state index in [1.165, 1.54) is 16.1 Å². The Morgan fingerprint density at radius 2 is 1.63 bits per heavy atom. The first-order chi connectivity index (χ1) is 12.9. The predicted octanol–water partition coefficient (Wildman–Crippen LogP) is 3.69. The molecule has 2 aromatic rings. The van der Waals surface area contributed by atoms with Crippen molar-refractivity contribution in [2.45, 2.75) is 36.6 Å². The van der Waals surface area contributed by atoms with Gasteiger partial charge in [-0.3, -0.25) is 4.79 Å². The van der Waals surface area contributed by atoms with Crippen molar-refractivity contribution in [3.63, 3.8) is 0 Å². The van der Waals surface area contributed by atoms with Gasteiger partial charge >= 0.3 is 0 Å². The fourth-order valence-corrected chi connectivity index (χ4v) is 4.86. The first-order valence-corrected chi connectivity index (χ1v) is 11.4. The number of hydrogen-bond acceptors (Lipinski definition) is 4. The van der Waals surface area contributed by atoms with Gasteiger partial charge in [0.15, 0.2) is 0 Å². The van der Waals surface area contributed by atoms with Crippen LogP contribution in [0.2, 0.25) is 0 Å². The van der Waals surface area contributed by atoms with Crippen LogP contribution < -0.4 is 5.32 Å². The summed E-state index contributed by atoms with van der Waals surface area (Å²) >= 11 is 1.48. The lowest BCUT2D eigenvalue weighted by Crippen LogP contribution is -2.30. The minimum Gasteiger partial charge on any atom is -0.349 e. The van der Waals surface area contributed by atoms with Gasteiger partial charge in [-0.1, -0.05) is 44.2 Å². The average Bonchev–Trinajstić information content (AvgIpc) is 2.68. The lowest BCUT2D eigenvalue weighted by molar-refractivity contribution is -0.119. The highest BCUT2D eigenvalue weighted by atomic mass is 32.2. The summed E-state index contributed by atoms with van der Waals surface area (Å²) in [6, 6.07) is 16.3. The number of nitrogens with zero attached hydrogens (tertiary/aromatic N) is 1. The Morgan fingerprint density at radius 3 is 2.19 bits per heavy atom. The molecule has 0 spiro atoms. The molecule has 0 saturated heterocycles. The van der Waals surface area contributed by atoms with E-state index in [0.29, 0.717) is 18.8 Å². The van der Waals surface area contributed by atoms with Gasteiger partial charge < -0.3 is 5.32 Å². The van der Waals surface area contributed by atoms with Gasteiger partial charge in [-0.05, 0) is 36.8 Å². The monoisotopic (exact) mass is 406 g/mol. The molecule has 0 aliphatic rings. The van der Waals surface area contributed by atoms with Gasteiger partial charge in [-0.25, -0.2) is 8.42 Å². The Hall–Kier alpha value is -1.83. The topological polar surface area (TPSA) is 66.5 Å². The van der Waals surface area contributed by atoms with Crippen LogP contribution in [0.3, 0.4) is 0 Å². The maximum Gasteiger partial charge on any atom is 0.243 e. The lowest BCUT2D eigenvalue weighted by atomic mass is 10.1. The molecule has 0 heterocycles. The summed E-state index contributed by atoms with van der Waals surface area (Å²) in [6.07, 6.45) is 0. The molecular formula is C20H26N2O3S2. The van der Waals surface area contributed by atoms with E-state index in [2.05, 4.69) is 5.32 Å². The van der Waals surface area contributed by atoms with Gasteiger partial charge in [0.1, 0.15) is 0 Å². The highest BCUT2D eigenvalue weighted by molar-refractivity contribution is 8.00. The van der Waals surface area contributed by atoms with E-state index in [0.717, 1.165) is 10.5 Å². The standard InChI is InChI=1S/C20H26N2O3S2/c1-4-22(5-2)27(24,25)19-13-11-17(12-14-19)16(3)21-20(23)15-26-18-9-7-6-8-10-18/h6-14,16H,4-5,15H2,1-3H3,(H,21,23). The minimum atomic E-state index is -3.46. The fraction of sp³-hybridized carbons (Fsp3) is 0.350. The molecule has 146 valence electrons. The third-order valence-corrected chi connectivity index (χ3v) is 7.29. The number of hydrogen-bond donors (Lipinski definition) is 1. The Labute approximate surface area is 166 Å². The smallest absolute Gasteiger partial charge is 0.243 e. The number of benzene rings is 2. The number of nitrogens with one attached hydrogen (secondary N) is 1. The second kappa shape index (κ2) is 9.92. The third kappa shape index (κ3) is 5.82. The van der Waals surface area contributed by atoms with Crippen LogP contribution in [0.5, 0.6) is 0 Å². The summed E-state index contributed by atoms with van der Waals surface area (Å²) in [5, 5.41) is 2.95. The van der Waals surface area contributed by atoms with E-state index < -0.39 is 10.0 Å². The molecule has 2 rings (SSSR count). The van der Waals surface area contributed by atoms with Crippen LogP contribution in [-0.2, 0) is 14.8 Å². The quantitative estimate of drug-likeness (QED) is 0.645. The molecule has 1 N–H and O–H groups in total. The Balaban J connectivity index is 1.97. The summed E-state index contributed by atoms with van der Waals surface area (Å²) in [6.45, 7) is 6.40. The molecule has 0 fully saturated rings. The van der Waals surface area contributed by atoms with Crippen LogP contribution in [0, 0.1) is 0 Å². The summed E-state index contributed by atoms with van der Waals surface area (Å²) in [4.78, 5) is 13.5. The minimum absolute atomic E-state index is 0.0591. The van der Waals surface area contributed by atoms with Gasteiger partial charge in [0, 0.05) is 18.0 Å². The molecule has 0 saturated carbocycles. The van der Waals surface area contributed by atoms with E-state index in [-0.39, 0.29) is 16.8 Å². The second-order valence-corrected chi connectivity index (χ2v) is 9.04. The second-order valence-electron chi connectivity index (χ2n) is 6.05. The van der Waals surface area contributed by atoms with Crippen LogP contribution in [0.1, 0.15) is 32.4 Å². The van der Waals surface area contributed by atoms with Gasteiger partial charge in [-0.2, -0.15) is 4.31 Å². The first kappa shape index (κ1) is 21.5. The number of rotatable bonds is 9. The van der Waals surface area contributed by atoms with Crippen molar-refractivity contribution in [3.05, 3.63) is 60.2 Å². The highest BCUT2D eigenvalue weighted by Gasteiger charge is 2.21. The molecule has 27 heavy (non-hydrogen) atoms. The van der Waals surface area contributed by atoms with Gasteiger partial charge in [-0.15, -0.1) is 11.8 Å².